The molecule has 0 aliphatic carbocycles. The highest BCUT2D eigenvalue weighted by molar-refractivity contribution is 5.97. The van der Waals surface area contributed by atoms with Gasteiger partial charge in [0.1, 0.15) is 5.52 Å². The van der Waals surface area contributed by atoms with Crippen LogP contribution in [-0.4, -0.2) is 30.6 Å². The first-order valence-electron chi connectivity index (χ1n) is 6.71. The normalized spacial score (nSPS) is 12.8. The fourth-order valence-corrected chi connectivity index (χ4v) is 1.93. The second-order valence-electron chi connectivity index (χ2n) is 5.22. The van der Waals surface area contributed by atoms with E-state index in [0.29, 0.717) is 29.2 Å². The van der Waals surface area contributed by atoms with Crippen LogP contribution in [0.2, 0.25) is 0 Å². The summed E-state index contributed by atoms with van der Waals surface area (Å²) in [6.07, 6.45) is 0. The molecule has 0 fully saturated rings. The van der Waals surface area contributed by atoms with Crippen LogP contribution in [0.15, 0.2) is 22.6 Å². The number of oxazole rings is 1. The number of amides is 1. The standard InChI is InChI=1S/C15H20N2O3/c1-9(2)15-17-12-7-11(5-6-13(12)20-15)14(18)16-10(3)8-19-4/h5-7,9-10H,8H2,1-4H3,(H,16,18)/t10-/m1/s1. The van der Waals surface area contributed by atoms with E-state index < -0.39 is 0 Å². The van der Waals surface area contributed by atoms with Gasteiger partial charge in [-0.25, -0.2) is 4.98 Å². The lowest BCUT2D eigenvalue weighted by Crippen LogP contribution is -2.35. The summed E-state index contributed by atoms with van der Waals surface area (Å²) < 4.78 is 10.6. The summed E-state index contributed by atoms with van der Waals surface area (Å²) >= 11 is 0. The molecule has 0 radical (unpaired) electrons. The van der Waals surface area contributed by atoms with Crippen molar-refractivity contribution in [3.05, 3.63) is 29.7 Å². The average molecular weight is 276 g/mol. The third-order valence-electron chi connectivity index (χ3n) is 2.95. The van der Waals surface area contributed by atoms with E-state index in [4.69, 9.17) is 9.15 Å². The van der Waals surface area contributed by atoms with Gasteiger partial charge in [0.2, 0.25) is 0 Å². The number of benzene rings is 1. The van der Waals surface area contributed by atoms with Gasteiger partial charge in [-0.05, 0) is 25.1 Å². The molecule has 5 nitrogen and oxygen atoms in total. The van der Waals surface area contributed by atoms with Gasteiger partial charge < -0.3 is 14.5 Å². The molecule has 0 saturated heterocycles. The number of fused-ring (bicyclic) bond motifs is 1. The van der Waals surface area contributed by atoms with E-state index in [1.165, 1.54) is 0 Å². The Hall–Kier alpha value is -1.88. The van der Waals surface area contributed by atoms with Gasteiger partial charge in [-0.3, -0.25) is 4.79 Å². The van der Waals surface area contributed by atoms with Crippen LogP contribution in [0.4, 0.5) is 0 Å². The number of aromatic nitrogens is 1. The molecule has 0 aliphatic rings. The van der Waals surface area contributed by atoms with E-state index in [2.05, 4.69) is 10.3 Å². The zero-order chi connectivity index (χ0) is 14.7. The molecule has 2 rings (SSSR count). The van der Waals surface area contributed by atoms with Crippen molar-refractivity contribution in [2.24, 2.45) is 0 Å². The minimum Gasteiger partial charge on any atom is -0.440 e. The topological polar surface area (TPSA) is 64.4 Å². The van der Waals surface area contributed by atoms with Gasteiger partial charge in [-0.2, -0.15) is 0 Å². The lowest BCUT2D eigenvalue weighted by molar-refractivity contribution is 0.0905. The van der Waals surface area contributed by atoms with E-state index in [-0.39, 0.29) is 17.9 Å². The molecule has 1 aromatic carbocycles. The Bertz CT molecular complexity index is 604. The molecule has 0 saturated carbocycles. The average Bonchev–Trinajstić information content (AvgIpc) is 2.81. The molecule has 108 valence electrons. The molecule has 2 aromatic rings. The zero-order valence-corrected chi connectivity index (χ0v) is 12.3. The molecule has 0 aliphatic heterocycles. The molecule has 0 spiro atoms. The number of hydrogen-bond donors (Lipinski definition) is 1. The summed E-state index contributed by atoms with van der Waals surface area (Å²) in [5, 5.41) is 2.87. The molecule has 1 heterocycles. The molecule has 0 unspecified atom stereocenters. The first-order chi connectivity index (χ1) is 9.51. The Labute approximate surface area is 118 Å². The molecule has 0 bridgehead atoms. The molecule has 20 heavy (non-hydrogen) atoms. The van der Waals surface area contributed by atoms with Crippen LogP contribution < -0.4 is 5.32 Å². The first kappa shape index (κ1) is 14.5. The van der Waals surface area contributed by atoms with Crippen LogP contribution in [0.25, 0.3) is 11.1 Å². The van der Waals surface area contributed by atoms with Crippen LogP contribution in [0, 0.1) is 0 Å². The number of hydrogen-bond acceptors (Lipinski definition) is 4. The molecule has 1 aromatic heterocycles. The second-order valence-corrected chi connectivity index (χ2v) is 5.22. The second kappa shape index (κ2) is 6.05. The highest BCUT2D eigenvalue weighted by Gasteiger charge is 2.13. The summed E-state index contributed by atoms with van der Waals surface area (Å²) in [6.45, 7) is 6.41. The Morgan fingerprint density at radius 3 is 2.80 bits per heavy atom. The van der Waals surface area contributed by atoms with Gasteiger partial charge >= 0.3 is 0 Å². The van der Waals surface area contributed by atoms with Crippen LogP contribution in [0.3, 0.4) is 0 Å². The predicted octanol–water partition coefficient (Wildman–Crippen LogP) is 2.72. The van der Waals surface area contributed by atoms with Crippen LogP contribution in [-0.2, 0) is 4.74 Å². The molecule has 1 N–H and O–H groups in total. The first-order valence-corrected chi connectivity index (χ1v) is 6.71. The van der Waals surface area contributed by atoms with Gasteiger partial charge in [0.25, 0.3) is 5.91 Å². The van der Waals surface area contributed by atoms with Crippen molar-refractivity contribution in [1.29, 1.82) is 0 Å². The number of carbonyl (C=O) groups is 1. The minimum atomic E-state index is -0.134. The molecular weight excluding hydrogens is 256 g/mol. The van der Waals surface area contributed by atoms with E-state index in [1.54, 1.807) is 25.3 Å². The van der Waals surface area contributed by atoms with E-state index in [9.17, 15) is 4.79 Å². The highest BCUT2D eigenvalue weighted by atomic mass is 16.5. The number of rotatable bonds is 5. The number of ether oxygens (including phenoxy) is 1. The van der Waals surface area contributed by atoms with Gasteiger partial charge in [-0.15, -0.1) is 0 Å². The molecular formula is C15H20N2O3. The SMILES string of the molecule is COC[C@@H](C)NC(=O)c1ccc2oc(C(C)C)nc2c1. The third kappa shape index (κ3) is 3.17. The van der Waals surface area contributed by atoms with E-state index in [1.807, 2.05) is 20.8 Å². The van der Waals surface area contributed by atoms with Crippen molar-refractivity contribution in [2.75, 3.05) is 13.7 Å². The van der Waals surface area contributed by atoms with Gasteiger partial charge in [0.15, 0.2) is 11.5 Å². The maximum Gasteiger partial charge on any atom is 0.251 e. The fourth-order valence-electron chi connectivity index (χ4n) is 1.93. The van der Waals surface area contributed by atoms with Crippen molar-refractivity contribution < 1.29 is 13.9 Å². The lowest BCUT2D eigenvalue weighted by Gasteiger charge is -2.12. The molecule has 1 amide bonds. The Morgan fingerprint density at radius 2 is 2.15 bits per heavy atom. The maximum atomic E-state index is 12.1. The number of nitrogens with zero attached hydrogens (tertiary/aromatic N) is 1. The molecule has 1 atom stereocenters. The van der Waals surface area contributed by atoms with Crippen molar-refractivity contribution in [3.63, 3.8) is 0 Å². The maximum absolute atomic E-state index is 12.1. The van der Waals surface area contributed by atoms with Crippen LogP contribution >= 0.6 is 0 Å². The quantitative estimate of drug-likeness (QED) is 0.912. The van der Waals surface area contributed by atoms with Crippen molar-refractivity contribution >= 4 is 17.0 Å². The third-order valence-corrected chi connectivity index (χ3v) is 2.95. The van der Waals surface area contributed by atoms with Gasteiger partial charge in [-0.1, -0.05) is 13.8 Å². The Kier molecular flexibility index (Phi) is 4.39. The summed E-state index contributed by atoms with van der Waals surface area (Å²) in [5.74, 6) is 0.775. The van der Waals surface area contributed by atoms with Crippen molar-refractivity contribution in [1.82, 2.24) is 10.3 Å². The van der Waals surface area contributed by atoms with Crippen molar-refractivity contribution in [2.45, 2.75) is 32.7 Å². The predicted molar refractivity (Wildman–Crippen MR) is 76.9 cm³/mol. The smallest absolute Gasteiger partial charge is 0.251 e. The monoisotopic (exact) mass is 276 g/mol. The van der Waals surface area contributed by atoms with E-state index in [0.717, 1.165) is 0 Å². The molecule has 5 heteroatoms. The van der Waals surface area contributed by atoms with E-state index >= 15 is 0 Å². The highest BCUT2D eigenvalue weighted by Crippen LogP contribution is 2.21. The summed E-state index contributed by atoms with van der Waals surface area (Å²) in [6, 6.07) is 5.24. The lowest BCUT2D eigenvalue weighted by atomic mass is 10.2. The Balaban J connectivity index is 2.20. The Morgan fingerprint density at radius 1 is 1.40 bits per heavy atom. The summed E-state index contributed by atoms with van der Waals surface area (Å²) in [4.78, 5) is 16.5. The number of nitrogens with one attached hydrogen (secondary N) is 1. The van der Waals surface area contributed by atoms with Crippen LogP contribution in [0.1, 0.15) is 42.9 Å². The fraction of sp³-hybridized carbons (Fsp3) is 0.467. The largest absolute Gasteiger partial charge is 0.440 e. The summed E-state index contributed by atoms with van der Waals surface area (Å²) in [5.41, 5.74) is 1.99. The van der Waals surface area contributed by atoms with Gasteiger partial charge in [0.05, 0.1) is 6.61 Å². The van der Waals surface area contributed by atoms with Crippen LogP contribution in [0.5, 0.6) is 0 Å². The summed E-state index contributed by atoms with van der Waals surface area (Å²) in [7, 11) is 1.61. The number of methoxy groups -OCH3 is 1. The van der Waals surface area contributed by atoms with Gasteiger partial charge in [0, 0.05) is 24.6 Å². The zero-order valence-electron chi connectivity index (χ0n) is 12.3. The van der Waals surface area contributed by atoms with Crippen molar-refractivity contribution in [3.8, 4) is 0 Å². The number of carbonyl (C=O) groups excluding carboxylic acids is 1. The minimum absolute atomic E-state index is 0.0354.